The molecule has 2 nitrogen and oxygen atoms in total. The van der Waals surface area contributed by atoms with Crippen LogP contribution in [0.15, 0.2) is 0 Å². The Morgan fingerprint density at radius 3 is 2.67 bits per heavy atom. The Balaban J connectivity index is 2.23. The van der Waals surface area contributed by atoms with Crippen molar-refractivity contribution < 1.29 is 9.47 Å². The summed E-state index contributed by atoms with van der Waals surface area (Å²) < 4.78 is 10.4. The first kappa shape index (κ1) is 7.03. The van der Waals surface area contributed by atoms with Gasteiger partial charge in [-0.25, -0.2) is 0 Å². The van der Waals surface area contributed by atoms with E-state index in [1.54, 1.807) is 7.11 Å². The minimum atomic E-state index is 0.341. The predicted molar refractivity (Wildman–Crippen MR) is 35.4 cm³/mol. The molecule has 54 valence electrons. The van der Waals surface area contributed by atoms with Crippen molar-refractivity contribution in [3.63, 3.8) is 0 Å². The van der Waals surface area contributed by atoms with Gasteiger partial charge < -0.3 is 9.47 Å². The van der Waals surface area contributed by atoms with Gasteiger partial charge in [-0.1, -0.05) is 6.92 Å². The molecule has 1 saturated heterocycles. The van der Waals surface area contributed by atoms with Crippen LogP contribution in [0.3, 0.4) is 0 Å². The zero-order valence-corrected chi connectivity index (χ0v) is 6.09. The fraction of sp³-hybridized carbons (Fsp3) is 1.00. The van der Waals surface area contributed by atoms with Crippen molar-refractivity contribution in [1.82, 2.24) is 0 Å². The van der Waals surface area contributed by atoms with E-state index in [9.17, 15) is 0 Å². The minimum Gasteiger partial charge on any atom is -0.379 e. The summed E-state index contributed by atoms with van der Waals surface area (Å²) in [5.41, 5.74) is 0. The normalized spacial score (nSPS) is 36.7. The smallest absolute Gasteiger partial charge is 0.0808 e. The molecule has 0 amide bonds. The van der Waals surface area contributed by atoms with Crippen LogP contribution in [0, 0.1) is 5.92 Å². The predicted octanol–water partition coefficient (Wildman–Crippen LogP) is 1.06. The van der Waals surface area contributed by atoms with Crippen molar-refractivity contribution in [2.75, 3.05) is 20.3 Å². The lowest BCUT2D eigenvalue weighted by Crippen LogP contribution is -2.29. The van der Waals surface area contributed by atoms with Crippen LogP contribution < -0.4 is 0 Å². The lowest BCUT2D eigenvalue weighted by Gasteiger charge is -2.25. The average Bonchev–Trinajstić information content (AvgIpc) is 1.88. The monoisotopic (exact) mass is 130 g/mol. The third-order valence-electron chi connectivity index (χ3n) is 1.70. The Kier molecular flexibility index (Phi) is 2.49. The molecule has 1 rings (SSSR count). The fourth-order valence-electron chi connectivity index (χ4n) is 1.15. The average molecular weight is 130 g/mol. The van der Waals surface area contributed by atoms with Crippen molar-refractivity contribution in [3.05, 3.63) is 0 Å². The van der Waals surface area contributed by atoms with Crippen LogP contribution in [0.5, 0.6) is 0 Å². The van der Waals surface area contributed by atoms with E-state index in [1.165, 1.54) is 0 Å². The van der Waals surface area contributed by atoms with E-state index in [0.717, 1.165) is 19.6 Å². The first-order valence-electron chi connectivity index (χ1n) is 3.43. The van der Waals surface area contributed by atoms with E-state index in [4.69, 9.17) is 9.47 Å². The Morgan fingerprint density at radius 2 is 2.22 bits per heavy atom. The Labute approximate surface area is 56.2 Å². The molecule has 0 aliphatic carbocycles. The molecular weight excluding hydrogens is 116 g/mol. The minimum absolute atomic E-state index is 0.341. The summed E-state index contributed by atoms with van der Waals surface area (Å²) in [6.45, 7) is 3.87. The van der Waals surface area contributed by atoms with Gasteiger partial charge in [-0.05, 0) is 12.3 Å². The fourth-order valence-corrected chi connectivity index (χ4v) is 1.15. The molecule has 0 radical (unpaired) electrons. The molecule has 0 N–H and O–H groups in total. The molecule has 0 aromatic heterocycles. The topological polar surface area (TPSA) is 18.5 Å². The second-order valence-corrected chi connectivity index (χ2v) is 2.74. The molecule has 2 heteroatoms. The lowest BCUT2D eigenvalue weighted by molar-refractivity contribution is -0.0515. The summed E-state index contributed by atoms with van der Waals surface area (Å²) in [4.78, 5) is 0. The maximum absolute atomic E-state index is 5.26. The quantitative estimate of drug-likeness (QED) is 0.528. The second-order valence-electron chi connectivity index (χ2n) is 2.74. The standard InChI is InChI=1S/C7H14O2/c1-6-3-7(8-2)5-9-4-6/h6-7H,3-5H2,1-2H3/t6-,7-/m1/s1. The van der Waals surface area contributed by atoms with Crippen molar-refractivity contribution in [2.24, 2.45) is 5.92 Å². The van der Waals surface area contributed by atoms with Gasteiger partial charge in [0.15, 0.2) is 0 Å². The number of hydrogen-bond acceptors (Lipinski definition) is 2. The largest absolute Gasteiger partial charge is 0.379 e. The Hall–Kier alpha value is -0.0800. The molecule has 9 heavy (non-hydrogen) atoms. The van der Waals surface area contributed by atoms with Gasteiger partial charge in [0.25, 0.3) is 0 Å². The molecule has 1 heterocycles. The van der Waals surface area contributed by atoms with E-state index < -0.39 is 0 Å². The summed E-state index contributed by atoms with van der Waals surface area (Å²) in [6, 6.07) is 0. The summed E-state index contributed by atoms with van der Waals surface area (Å²) in [5, 5.41) is 0. The first-order chi connectivity index (χ1) is 4.33. The summed E-state index contributed by atoms with van der Waals surface area (Å²) in [7, 11) is 1.74. The highest BCUT2D eigenvalue weighted by atomic mass is 16.5. The number of hydrogen-bond donors (Lipinski definition) is 0. The molecule has 0 spiro atoms. The molecule has 1 fully saturated rings. The van der Waals surface area contributed by atoms with Gasteiger partial charge in [0.05, 0.1) is 12.7 Å². The van der Waals surface area contributed by atoms with Gasteiger partial charge in [-0.2, -0.15) is 0 Å². The van der Waals surface area contributed by atoms with Crippen molar-refractivity contribution >= 4 is 0 Å². The molecule has 0 unspecified atom stereocenters. The van der Waals surface area contributed by atoms with Crippen molar-refractivity contribution in [2.45, 2.75) is 19.4 Å². The molecule has 0 aromatic carbocycles. The molecular formula is C7H14O2. The maximum Gasteiger partial charge on any atom is 0.0808 e. The van der Waals surface area contributed by atoms with Gasteiger partial charge in [0.1, 0.15) is 0 Å². The molecule has 1 aliphatic rings. The highest BCUT2D eigenvalue weighted by Gasteiger charge is 2.17. The molecule has 0 saturated carbocycles. The van der Waals surface area contributed by atoms with Crippen LogP contribution in [0.25, 0.3) is 0 Å². The Morgan fingerprint density at radius 1 is 1.44 bits per heavy atom. The van der Waals surface area contributed by atoms with E-state index in [1.807, 2.05) is 0 Å². The van der Waals surface area contributed by atoms with Crippen LogP contribution in [-0.2, 0) is 9.47 Å². The highest BCUT2D eigenvalue weighted by molar-refractivity contribution is 4.66. The maximum atomic E-state index is 5.26. The number of rotatable bonds is 1. The van der Waals surface area contributed by atoms with Crippen LogP contribution in [0.2, 0.25) is 0 Å². The van der Waals surface area contributed by atoms with Gasteiger partial charge >= 0.3 is 0 Å². The molecule has 2 atom stereocenters. The highest BCUT2D eigenvalue weighted by Crippen LogP contribution is 2.14. The van der Waals surface area contributed by atoms with Crippen molar-refractivity contribution in [3.8, 4) is 0 Å². The van der Waals surface area contributed by atoms with Gasteiger partial charge in [0, 0.05) is 13.7 Å². The number of methoxy groups -OCH3 is 1. The van der Waals surface area contributed by atoms with E-state index in [2.05, 4.69) is 6.92 Å². The third-order valence-corrected chi connectivity index (χ3v) is 1.70. The zero-order chi connectivity index (χ0) is 6.69. The zero-order valence-electron chi connectivity index (χ0n) is 6.09. The Bertz CT molecular complexity index is 83.0. The third kappa shape index (κ3) is 1.95. The van der Waals surface area contributed by atoms with Crippen molar-refractivity contribution in [1.29, 1.82) is 0 Å². The molecule has 0 aromatic rings. The van der Waals surface area contributed by atoms with E-state index >= 15 is 0 Å². The van der Waals surface area contributed by atoms with E-state index in [-0.39, 0.29) is 0 Å². The van der Waals surface area contributed by atoms with Crippen LogP contribution >= 0.6 is 0 Å². The van der Waals surface area contributed by atoms with Gasteiger partial charge in [0.2, 0.25) is 0 Å². The van der Waals surface area contributed by atoms with Crippen LogP contribution in [-0.4, -0.2) is 26.4 Å². The van der Waals surface area contributed by atoms with E-state index in [0.29, 0.717) is 12.0 Å². The number of ether oxygens (including phenoxy) is 2. The lowest BCUT2D eigenvalue weighted by atomic mass is 10.0. The summed E-state index contributed by atoms with van der Waals surface area (Å²) in [5.74, 6) is 0.670. The van der Waals surface area contributed by atoms with Crippen LogP contribution in [0.1, 0.15) is 13.3 Å². The van der Waals surface area contributed by atoms with Crippen LogP contribution in [0.4, 0.5) is 0 Å². The summed E-state index contributed by atoms with van der Waals surface area (Å²) in [6.07, 6.45) is 1.49. The van der Waals surface area contributed by atoms with Gasteiger partial charge in [-0.15, -0.1) is 0 Å². The SMILES string of the molecule is CO[C@H]1COC[C@H](C)C1. The first-order valence-corrected chi connectivity index (χ1v) is 3.43. The molecule has 1 aliphatic heterocycles. The second kappa shape index (κ2) is 3.18. The van der Waals surface area contributed by atoms with Gasteiger partial charge in [-0.3, -0.25) is 0 Å². The molecule has 0 bridgehead atoms. The summed E-state index contributed by atoms with van der Waals surface area (Å²) >= 11 is 0.